The maximum atomic E-state index is 13.1. The van der Waals surface area contributed by atoms with Crippen molar-refractivity contribution in [3.8, 4) is 5.75 Å². The zero-order valence-electron chi connectivity index (χ0n) is 12.0. The predicted molar refractivity (Wildman–Crippen MR) is 79.5 cm³/mol. The molecule has 0 heterocycles. The van der Waals surface area contributed by atoms with Crippen molar-refractivity contribution in [3.05, 3.63) is 47.3 Å². The molecule has 1 atom stereocenters. The smallest absolute Gasteiger partial charge is 0.339 e. The second-order valence-corrected chi connectivity index (χ2v) is 4.97. The summed E-state index contributed by atoms with van der Waals surface area (Å²) in [4.78, 5) is 23.2. The van der Waals surface area contributed by atoms with Crippen LogP contribution in [0.2, 0.25) is 0 Å². The predicted octanol–water partition coefficient (Wildman–Crippen LogP) is 3.02. The molecule has 0 saturated heterocycles. The van der Waals surface area contributed by atoms with E-state index in [9.17, 15) is 19.1 Å². The first-order valence-electron chi connectivity index (χ1n) is 6.86. The van der Waals surface area contributed by atoms with Gasteiger partial charge in [0, 0.05) is 11.8 Å². The minimum absolute atomic E-state index is 0.174. The number of nitrogens with one attached hydrogen (secondary N) is 1. The van der Waals surface area contributed by atoms with Crippen LogP contribution in [0.3, 0.4) is 0 Å². The van der Waals surface area contributed by atoms with Crippen molar-refractivity contribution < 1.29 is 24.2 Å². The fourth-order valence-electron chi connectivity index (χ4n) is 2.34. The Balaban J connectivity index is 2.23. The van der Waals surface area contributed by atoms with E-state index in [-0.39, 0.29) is 11.3 Å². The average Bonchev–Trinajstić information content (AvgIpc) is 2.45. The summed E-state index contributed by atoms with van der Waals surface area (Å²) in [5.41, 5.74) is 0.521. The summed E-state index contributed by atoms with van der Waals surface area (Å²) in [6, 6.07) is 2.68. The van der Waals surface area contributed by atoms with Gasteiger partial charge in [-0.05, 0) is 36.6 Å². The van der Waals surface area contributed by atoms with Crippen molar-refractivity contribution >= 4 is 17.6 Å². The maximum Gasteiger partial charge on any atom is 0.339 e. The molecule has 1 aliphatic rings. The molecule has 116 valence electrons. The van der Waals surface area contributed by atoms with Gasteiger partial charge >= 0.3 is 5.97 Å². The summed E-state index contributed by atoms with van der Waals surface area (Å²) >= 11 is 0. The molecule has 1 unspecified atom stereocenters. The first kappa shape index (κ1) is 15.8. The highest BCUT2D eigenvalue weighted by Crippen LogP contribution is 2.28. The van der Waals surface area contributed by atoms with E-state index in [0.29, 0.717) is 18.4 Å². The molecule has 0 bridgehead atoms. The van der Waals surface area contributed by atoms with Gasteiger partial charge in [-0.1, -0.05) is 13.0 Å². The molecule has 0 aromatic heterocycles. The highest BCUT2D eigenvalue weighted by atomic mass is 19.1. The zero-order chi connectivity index (χ0) is 16.3. The molecule has 0 spiro atoms. The number of aryl methyl sites for hydroxylation is 1. The van der Waals surface area contributed by atoms with E-state index in [1.807, 2.05) is 0 Å². The number of aromatic hydroxyl groups is 1. The largest absolute Gasteiger partial charge is 0.507 e. The van der Waals surface area contributed by atoms with Crippen LogP contribution in [0, 0.1) is 5.92 Å². The number of hydrogen-bond donors (Lipinski definition) is 3. The molecular weight excluding hydrogens is 289 g/mol. The van der Waals surface area contributed by atoms with Crippen LogP contribution in [0.4, 0.5) is 10.1 Å². The summed E-state index contributed by atoms with van der Waals surface area (Å²) in [7, 11) is 0. The molecule has 1 aliphatic carbocycles. The Hall–Kier alpha value is -2.63. The van der Waals surface area contributed by atoms with Gasteiger partial charge in [0.2, 0.25) is 5.91 Å². The van der Waals surface area contributed by atoms with Gasteiger partial charge in [-0.25, -0.2) is 9.18 Å². The molecule has 2 rings (SSSR count). The number of carboxylic acids is 1. The number of hydrogen-bond acceptors (Lipinski definition) is 3. The number of rotatable bonds is 4. The second-order valence-electron chi connectivity index (χ2n) is 4.97. The zero-order valence-corrected chi connectivity index (χ0v) is 12.0. The van der Waals surface area contributed by atoms with E-state index < -0.39 is 29.4 Å². The number of allylic oxidation sites excluding steroid dienone is 3. The molecule has 0 radical (unpaired) electrons. The van der Waals surface area contributed by atoms with Gasteiger partial charge in [0.05, 0.1) is 5.92 Å². The Morgan fingerprint density at radius 3 is 2.73 bits per heavy atom. The maximum absolute atomic E-state index is 13.1. The Labute approximate surface area is 126 Å². The lowest BCUT2D eigenvalue weighted by molar-refractivity contribution is -0.118. The molecule has 22 heavy (non-hydrogen) atoms. The van der Waals surface area contributed by atoms with Crippen molar-refractivity contribution in [2.75, 3.05) is 5.32 Å². The van der Waals surface area contributed by atoms with Crippen LogP contribution in [0.5, 0.6) is 5.75 Å². The van der Waals surface area contributed by atoms with E-state index in [1.54, 1.807) is 13.0 Å². The number of carbonyl (C=O) groups is 2. The minimum Gasteiger partial charge on any atom is -0.507 e. The number of halogens is 1. The Kier molecular flexibility index (Phi) is 4.60. The summed E-state index contributed by atoms with van der Waals surface area (Å²) < 4.78 is 13.1. The molecule has 1 aromatic carbocycles. The van der Waals surface area contributed by atoms with Crippen molar-refractivity contribution in [2.45, 2.75) is 19.8 Å². The summed E-state index contributed by atoms with van der Waals surface area (Å²) in [6.07, 6.45) is 4.87. The Morgan fingerprint density at radius 1 is 1.41 bits per heavy atom. The highest BCUT2D eigenvalue weighted by Gasteiger charge is 2.20. The highest BCUT2D eigenvalue weighted by molar-refractivity contribution is 5.97. The van der Waals surface area contributed by atoms with Crippen LogP contribution in [0.1, 0.15) is 29.3 Å². The number of carboxylic acid groups (broad SMARTS) is 1. The molecular formula is C16H16FNO4. The van der Waals surface area contributed by atoms with E-state index in [4.69, 9.17) is 5.11 Å². The molecule has 1 aromatic rings. The van der Waals surface area contributed by atoms with Crippen molar-refractivity contribution in [2.24, 2.45) is 5.92 Å². The summed E-state index contributed by atoms with van der Waals surface area (Å²) in [6.45, 7) is 1.75. The van der Waals surface area contributed by atoms with Crippen LogP contribution in [-0.2, 0) is 11.2 Å². The molecule has 0 fully saturated rings. The van der Waals surface area contributed by atoms with Crippen molar-refractivity contribution in [1.82, 2.24) is 0 Å². The average molecular weight is 305 g/mol. The van der Waals surface area contributed by atoms with Crippen molar-refractivity contribution in [3.63, 3.8) is 0 Å². The van der Waals surface area contributed by atoms with E-state index >= 15 is 0 Å². The third kappa shape index (κ3) is 3.33. The lowest BCUT2D eigenvalue weighted by atomic mass is 9.98. The monoisotopic (exact) mass is 305 g/mol. The number of benzene rings is 1. The number of amides is 1. The van der Waals surface area contributed by atoms with Crippen LogP contribution in [-0.4, -0.2) is 22.1 Å². The van der Waals surface area contributed by atoms with E-state index in [0.717, 1.165) is 0 Å². The van der Waals surface area contributed by atoms with Gasteiger partial charge < -0.3 is 15.5 Å². The molecule has 0 saturated carbocycles. The normalized spacial score (nSPS) is 17.0. The quantitative estimate of drug-likeness (QED) is 0.798. The van der Waals surface area contributed by atoms with Crippen LogP contribution < -0.4 is 5.32 Å². The van der Waals surface area contributed by atoms with Crippen LogP contribution in [0.25, 0.3) is 0 Å². The van der Waals surface area contributed by atoms with Gasteiger partial charge in [-0.15, -0.1) is 0 Å². The molecule has 6 heteroatoms. The van der Waals surface area contributed by atoms with Gasteiger partial charge in [0.1, 0.15) is 17.1 Å². The van der Waals surface area contributed by atoms with E-state index in [2.05, 4.69) is 5.32 Å². The number of phenols is 1. The topological polar surface area (TPSA) is 86.6 Å². The first-order chi connectivity index (χ1) is 10.4. The fourth-order valence-corrected chi connectivity index (χ4v) is 2.34. The van der Waals surface area contributed by atoms with Crippen LogP contribution >= 0.6 is 0 Å². The minimum atomic E-state index is -1.23. The third-order valence-corrected chi connectivity index (χ3v) is 3.43. The molecule has 0 aliphatic heterocycles. The van der Waals surface area contributed by atoms with Gasteiger partial charge in [0.15, 0.2) is 0 Å². The standard InChI is InChI=1S/C16H16FNO4/c1-2-9-7-12(8-13(19)14(9)16(21)22)18-15(20)10-4-3-5-11(17)6-10/h3,5-8,10,19H,2,4H2,1H3,(H,18,20)(H,21,22). The van der Waals surface area contributed by atoms with Gasteiger partial charge in [-0.2, -0.15) is 0 Å². The van der Waals surface area contributed by atoms with Crippen molar-refractivity contribution in [1.29, 1.82) is 0 Å². The number of carbonyl (C=O) groups excluding carboxylic acids is 1. The summed E-state index contributed by atoms with van der Waals surface area (Å²) in [5.74, 6) is -3.15. The lowest BCUT2D eigenvalue weighted by Crippen LogP contribution is -2.22. The summed E-state index contributed by atoms with van der Waals surface area (Å²) in [5, 5.41) is 21.5. The fraction of sp³-hybridized carbons (Fsp3) is 0.250. The molecule has 1 amide bonds. The molecule has 5 nitrogen and oxygen atoms in total. The Morgan fingerprint density at radius 2 is 2.14 bits per heavy atom. The second kappa shape index (κ2) is 6.43. The number of aromatic carboxylic acids is 1. The first-order valence-corrected chi connectivity index (χ1v) is 6.86. The lowest BCUT2D eigenvalue weighted by Gasteiger charge is -2.15. The Bertz CT molecular complexity index is 679. The van der Waals surface area contributed by atoms with Crippen LogP contribution in [0.15, 0.2) is 36.2 Å². The third-order valence-electron chi connectivity index (χ3n) is 3.43. The van der Waals surface area contributed by atoms with E-state index in [1.165, 1.54) is 24.3 Å². The SMILES string of the molecule is CCc1cc(NC(=O)C2C=C(F)C=CC2)cc(O)c1C(=O)O. The van der Waals surface area contributed by atoms with Gasteiger partial charge in [0.25, 0.3) is 0 Å². The molecule has 3 N–H and O–H groups in total. The number of anilines is 1. The van der Waals surface area contributed by atoms with Gasteiger partial charge in [-0.3, -0.25) is 4.79 Å².